The summed E-state index contributed by atoms with van der Waals surface area (Å²) < 4.78 is 28.2. The van der Waals surface area contributed by atoms with Crippen LogP contribution in [0.2, 0.25) is 0 Å². The maximum atomic E-state index is 14.1. The third kappa shape index (κ3) is 3.66. The van der Waals surface area contributed by atoms with Gasteiger partial charge >= 0.3 is 0 Å². The van der Waals surface area contributed by atoms with Gasteiger partial charge in [0.15, 0.2) is 0 Å². The highest BCUT2D eigenvalue weighted by atomic mass is 19.1. The molecule has 1 N–H and O–H groups in total. The summed E-state index contributed by atoms with van der Waals surface area (Å²) in [5.74, 6) is -0.884. The van der Waals surface area contributed by atoms with Crippen molar-refractivity contribution in [1.29, 1.82) is 0 Å². The molecule has 0 unspecified atom stereocenters. The van der Waals surface area contributed by atoms with Crippen molar-refractivity contribution in [3.05, 3.63) is 29.3 Å². The zero-order valence-corrected chi connectivity index (χ0v) is 11.7. The molecule has 1 saturated heterocycles. The van der Waals surface area contributed by atoms with Gasteiger partial charge in [0.05, 0.1) is 0 Å². The maximum absolute atomic E-state index is 14.1. The van der Waals surface area contributed by atoms with Crippen molar-refractivity contribution < 1.29 is 8.78 Å². The summed E-state index contributed by atoms with van der Waals surface area (Å²) in [5, 5.41) is 3.17. The number of anilines is 1. The zero-order chi connectivity index (χ0) is 13.8. The Balaban J connectivity index is 2.16. The number of nitrogens with one attached hydrogen (secondary N) is 1. The van der Waals surface area contributed by atoms with Crippen LogP contribution in [0, 0.1) is 11.6 Å². The molecule has 0 aliphatic carbocycles. The van der Waals surface area contributed by atoms with Gasteiger partial charge in [0, 0.05) is 25.7 Å². The second kappa shape index (κ2) is 6.33. The van der Waals surface area contributed by atoms with Crippen LogP contribution in [0.4, 0.5) is 14.5 Å². The average molecular weight is 268 g/mol. The molecule has 0 aromatic heterocycles. The Hall–Kier alpha value is -1.16. The lowest BCUT2D eigenvalue weighted by molar-refractivity contribution is 0.525. The largest absolute Gasteiger partial charge is 0.367 e. The fourth-order valence-corrected chi connectivity index (χ4v) is 2.46. The van der Waals surface area contributed by atoms with Crippen molar-refractivity contribution in [3.8, 4) is 0 Å². The maximum Gasteiger partial charge on any atom is 0.149 e. The van der Waals surface area contributed by atoms with Gasteiger partial charge in [0.1, 0.15) is 17.3 Å². The van der Waals surface area contributed by atoms with Crippen molar-refractivity contribution in [2.75, 3.05) is 18.0 Å². The highest BCUT2D eigenvalue weighted by Crippen LogP contribution is 2.27. The Kier molecular flexibility index (Phi) is 4.75. The van der Waals surface area contributed by atoms with E-state index in [2.05, 4.69) is 5.32 Å². The second-order valence-corrected chi connectivity index (χ2v) is 5.49. The number of piperidine rings is 1. The lowest BCUT2D eigenvalue weighted by atomic mass is 10.1. The summed E-state index contributed by atoms with van der Waals surface area (Å²) in [6.45, 7) is 6.00. The topological polar surface area (TPSA) is 15.3 Å². The molecule has 2 rings (SSSR count). The lowest BCUT2D eigenvalue weighted by Crippen LogP contribution is -2.31. The second-order valence-electron chi connectivity index (χ2n) is 5.49. The molecule has 1 heterocycles. The van der Waals surface area contributed by atoms with Crippen LogP contribution < -0.4 is 10.2 Å². The van der Waals surface area contributed by atoms with Gasteiger partial charge in [-0.1, -0.05) is 13.8 Å². The van der Waals surface area contributed by atoms with E-state index in [1.165, 1.54) is 12.1 Å². The van der Waals surface area contributed by atoms with Gasteiger partial charge in [-0.05, 0) is 37.0 Å². The van der Waals surface area contributed by atoms with E-state index < -0.39 is 11.6 Å². The van der Waals surface area contributed by atoms with Crippen molar-refractivity contribution in [2.24, 2.45) is 0 Å². The van der Waals surface area contributed by atoms with Crippen LogP contribution in [0.1, 0.15) is 38.7 Å². The van der Waals surface area contributed by atoms with Gasteiger partial charge < -0.3 is 10.2 Å². The highest BCUT2D eigenvalue weighted by molar-refractivity contribution is 5.51. The molecule has 2 nitrogen and oxygen atoms in total. The van der Waals surface area contributed by atoms with Crippen LogP contribution in [0.15, 0.2) is 12.1 Å². The summed E-state index contributed by atoms with van der Waals surface area (Å²) in [4.78, 5) is 1.83. The molecule has 0 amide bonds. The van der Waals surface area contributed by atoms with Gasteiger partial charge in [-0.3, -0.25) is 0 Å². The molecule has 1 aliphatic heterocycles. The van der Waals surface area contributed by atoms with Gasteiger partial charge in [-0.15, -0.1) is 0 Å². The van der Waals surface area contributed by atoms with Gasteiger partial charge in [-0.2, -0.15) is 0 Å². The van der Waals surface area contributed by atoms with Crippen LogP contribution in [-0.4, -0.2) is 19.1 Å². The van der Waals surface area contributed by atoms with E-state index in [1.807, 2.05) is 18.7 Å². The zero-order valence-electron chi connectivity index (χ0n) is 11.7. The molecular weight excluding hydrogens is 246 g/mol. The normalized spacial score (nSPS) is 16.2. The Morgan fingerprint density at radius 3 is 2.21 bits per heavy atom. The molecule has 0 bridgehead atoms. The van der Waals surface area contributed by atoms with Crippen LogP contribution in [0.5, 0.6) is 0 Å². The minimum atomic E-state index is -0.442. The van der Waals surface area contributed by atoms with E-state index in [1.54, 1.807) is 0 Å². The molecule has 106 valence electrons. The van der Waals surface area contributed by atoms with Crippen molar-refractivity contribution in [2.45, 2.75) is 45.7 Å². The van der Waals surface area contributed by atoms with E-state index in [4.69, 9.17) is 0 Å². The van der Waals surface area contributed by atoms with Crippen LogP contribution in [0.3, 0.4) is 0 Å². The first-order chi connectivity index (χ1) is 9.08. The van der Waals surface area contributed by atoms with Crippen LogP contribution >= 0.6 is 0 Å². The summed E-state index contributed by atoms with van der Waals surface area (Å²) in [6.07, 6.45) is 3.17. The number of hydrogen-bond donors (Lipinski definition) is 1. The summed E-state index contributed by atoms with van der Waals surface area (Å²) in [7, 11) is 0. The van der Waals surface area contributed by atoms with E-state index in [9.17, 15) is 8.78 Å². The minimum Gasteiger partial charge on any atom is -0.367 e. The highest BCUT2D eigenvalue weighted by Gasteiger charge is 2.19. The minimum absolute atomic E-state index is 0.146. The summed E-state index contributed by atoms with van der Waals surface area (Å²) in [6, 6.07) is 3.19. The van der Waals surface area contributed by atoms with Gasteiger partial charge in [0.25, 0.3) is 0 Å². The molecule has 1 aliphatic rings. The number of halogens is 2. The monoisotopic (exact) mass is 268 g/mol. The molecule has 0 saturated carbocycles. The van der Waals surface area contributed by atoms with Crippen LogP contribution in [-0.2, 0) is 6.54 Å². The lowest BCUT2D eigenvalue weighted by Gasteiger charge is -2.29. The predicted molar refractivity (Wildman–Crippen MR) is 74.4 cm³/mol. The molecule has 1 aromatic carbocycles. The van der Waals surface area contributed by atoms with Crippen molar-refractivity contribution in [3.63, 3.8) is 0 Å². The standard InChI is InChI=1S/C15H22F2N2/c1-11(2)18-10-12-8-13(16)15(14(17)9-12)19-6-4-3-5-7-19/h8-9,11,18H,3-7,10H2,1-2H3. The molecule has 4 heteroatoms. The van der Waals surface area contributed by atoms with Crippen molar-refractivity contribution in [1.82, 2.24) is 5.32 Å². The van der Waals surface area contributed by atoms with E-state index in [-0.39, 0.29) is 5.69 Å². The summed E-state index contributed by atoms with van der Waals surface area (Å²) >= 11 is 0. The number of benzene rings is 1. The number of rotatable bonds is 4. The quantitative estimate of drug-likeness (QED) is 0.899. The molecule has 0 radical (unpaired) electrons. The van der Waals surface area contributed by atoms with E-state index in [0.29, 0.717) is 18.2 Å². The first kappa shape index (κ1) is 14.3. The first-order valence-electron chi connectivity index (χ1n) is 7.04. The van der Waals surface area contributed by atoms with E-state index >= 15 is 0 Å². The van der Waals surface area contributed by atoms with Crippen LogP contribution in [0.25, 0.3) is 0 Å². The smallest absolute Gasteiger partial charge is 0.149 e. The Morgan fingerprint density at radius 1 is 1.11 bits per heavy atom. The average Bonchev–Trinajstić information content (AvgIpc) is 2.37. The Morgan fingerprint density at radius 2 is 1.68 bits per heavy atom. The predicted octanol–water partition coefficient (Wildman–Crippen LogP) is 3.45. The third-order valence-corrected chi connectivity index (χ3v) is 3.46. The molecule has 0 atom stereocenters. The van der Waals surface area contributed by atoms with Crippen molar-refractivity contribution >= 4 is 5.69 Å². The summed E-state index contributed by atoms with van der Waals surface area (Å²) in [5.41, 5.74) is 0.803. The molecular formula is C15H22F2N2. The number of nitrogens with zero attached hydrogens (tertiary/aromatic N) is 1. The molecule has 19 heavy (non-hydrogen) atoms. The Bertz CT molecular complexity index is 403. The van der Waals surface area contributed by atoms with Gasteiger partial charge in [-0.25, -0.2) is 8.78 Å². The molecule has 1 fully saturated rings. The number of hydrogen-bond acceptors (Lipinski definition) is 2. The molecule has 0 spiro atoms. The Labute approximate surface area is 113 Å². The molecule has 1 aromatic rings. The first-order valence-corrected chi connectivity index (χ1v) is 7.04. The fraction of sp³-hybridized carbons (Fsp3) is 0.600. The third-order valence-electron chi connectivity index (χ3n) is 3.46. The fourth-order valence-electron chi connectivity index (χ4n) is 2.46. The SMILES string of the molecule is CC(C)NCc1cc(F)c(N2CCCCC2)c(F)c1. The van der Waals surface area contributed by atoms with E-state index in [0.717, 1.165) is 32.4 Å². The van der Waals surface area contributed by atoms with Gasteiger partial charge in [0.2, 0.25) is 0 Å².